The Morgan fingerprint density at radius 3 is 2.41 bits per heavy atom. The van der Waals surface area contributed by atoms with Gasteiger partial charge in [-0.2, -0.15) is 9.40 Å². The Kier molecular flexibility index (Phi) is 6.28. The Labute approximate surface area is 172 Å². The number of aromatic nitrogens is 2. The van der Waals surface area contributed by atoms with Crippen LogP contribution in [0.1, 0.15) is 35.7 Å². The summed E-state index contributed by atoms with van der Waals surface area (Å²) in [6.45, 7) is 3.34. The SMILES string of the molecule is CC1CCN(S(=O)(=O)c2nn(C)cc2C(=O)NCc2ccc(N(C)C)cc2)CC1. The van der Waals surface area contributed by atoms with Gasteiger partial charge in [0.1, 0.15) is 0 Å². The molecular weight excluding hydrogens is 390 g/mol. The van der Waals surface area contributed by atoms with Gasteiger partial charge in [0.15, 0.2) is 0 Å². The fourth-order valence-corrected chi connectivity index (χ4v) is 4.94. The van der Waals surface area contributed by atoms with Crippen LogP contribution in [0.25, 0.3) is 0 Å². The normalized spacial score (nSPS) is 16.0. The first-order valence-electron chi connectivity index (χ1n) is 9.76. The van der Waals surface area contributed by atoms with E-state index in [2.05, 4.69) is 17.3 Å². The molecule has 29 heavy (non-hydrogen) atoms. The monoisotopic (exact) mass is 419 g/mol. The average molecular weight is 420 g/mol. The molecule has 0 atom stereocenters. The Hall–Kier alpha value is -2.39. The number of hydrogen-bond donors (Lipinski definition) is 1. The predicted molar refractivity (Wildman–Crippen MR) is 112 cm³/mol. The van der Waals surface area contributed by atoms with E-state index in [0.29, 0.717) is 25.6 Å². The lowest BCUT2D eigenvalue weighted by molar-refractivity contribution is 0.0947. The van der Waals surface area contributed by atoms with Crippen LogP contribution in [0.4, 0.5) is 5.69 Å². The molecule has 1 aromatic heterocycles. The van der Waals surface area contributed by atoms with Crippen molar-refractivity contribution in [2.75, 3.05) is 32.1 Å². The van der Waals surface area contributed by atoms with Gasteiger partial charge >= 0.3 is 0 Å². The van der Waals surface area contributed by atoms with E-state index in [0.717, 1.165) is 24.1 Å². The van der Waals surface area contributed by atoms with Crippen molar-refractivity contribution in [1.29, 1.82) is 0 Å². The van der Waals surface area contributed by atoms with Gasteiger partial charge in [0.2, 0.25) is 5.03 Å². The van der Waals surface area contributed by atoms with E-state index in [1.807, 2.05) is 43.3 Å². The molecule has 1 N–H and O–H groups in total. The maximum atomic E-state index is 13.1. The number of nitrogens with zero attached hydrogens (tertiary/aromatic N) is 4. The van der Waals surface area contributed by atoms with Gasteiger partial charge in [0.25, 0.3) is 15.9 Å². The summed E-state index contributed by atoms with van der Waals surface area (Å²) < 4.78 is 29.0. The average Bonchev–Trinajstić information content (AvgIpc) is 3.09. The third kappa shape index (κ3) is 4.79. The highest BCUT2D eigenvalue weighted by Gasteiger charge is 2.34. The van der Waals surface area contributed by atoms with Crippen molar-refractivity contribution >= 4 is 21.6 Å². The lowest BCUT2D eigenvalue weighted by atomic mass is 10.0. The summed E-state index contributed by atoms with van der Waals surface area (Å²) >= 11 is 0. The fourth-order valence-electron chi connectivity index (χ4n) is 3.35. The third-order valence-corrected chi connectivity index (χ3v) is 7.11. The second-order valence-electron chi connectivity index (χ2n) is 7.85. The van der Waals surface area contributed by atoms with Crippen molar-refractivity contribution in [3.8, 4) is 0 Å². The van der Waals surface area contributed by atoms with Gasteiger partial charge in [-0.1, -0.05) is 19.1 Å². The predicted octanol–water partition coefficient (Wildman–Crippen LogP) is 1.84. The zero-order valence-corrected chi connectivity index (χ0v) is 18.2. The van der Waals surface area contributed by atoms with Crippen LogP contribution in [0.2, 0.25) is 0 Å². The van der Waals surface area contributed by atoms with Crippen molar-refractivity contribution in [2.45, 2.75) is 31.3 Å². The summed E-state index contributed by atoms with van der Waals surface area (Å²) in [6.07, 6.45) is 3.09. The van der Waals surface area contributed by atoms with Crippen molar-refractivity contribution in [1.82, 2.24) is 19.4 Å². The molecule has 0 unspecified atom stereocenters. The van der Waals surface area contributed by atoms with Crippen molar-refractivity contribution < 1.29 is 13.2 Å². The molecule has 1 aromatic carbocycles. The number of aryl methyl sites for hydroxylation is 1. The summed E-state index contributed by atoms with van der Waals surface area (Å²) in [6, 6.07) is 7.81. The number of benzene rings is 1. The maximum Gasteiger partial charge on any atom is 0.263 e. The van der Waals surface area contributed by atoms with Crippen LogP contribution in [0, 0.1) is 5.92 Å². The summed E-state index contributed by atoms with van der Waals surface area (Å²) in [7, 11) is 1.74. The standard InChI is InChI=1S/C20H29N5O3S/c1-15-9-11-25(12-10-15)29(27,28)20-18(14-24(4)22-20)19(26)21-13-16-5-7-17(8-6-16)23(2)3/h5-8,14-15H,9-13H2,1-4H3,(H,21,26). The molecule has 1 aliphatic rings. The van der Waals surface area contributed by atoms with E-state index in [-0.39, 0.29) is 10.6 Å². The van der Waals surface area contributed by atoms with E-state index < -0.39 is 15.9 Å². The molecule has 1 amide bonds. The number of piperidine rings is 1. The van der Waals surface area contributed by atoms with Gasteiger partial charge in [0, 0.05) is 52.7 Å². The van der Waals surface area contributed by atoms with Crippen LogP contribution in [0.3, 0.4) is 0 Å². The zero-order valence-electron chi connectivity index (χ0n) is 17.4. The molecule has 1 aliphatic heterocycles. The minimum atomic E-state index is -3.80. The largest absolute Gasteiger partial charge is 0.378 e. The Morgan fingerprint density at radius 1 is 1.21 bits per heavy atom. The number of carbonyl (C=O) groups excluding carboxylic acids is 1. The number of nitrogens with one attached hydrogen (secondary N) is 1. The van der Waals surface area contributed by atoms with Crippen LogP contribution in [0.5, 0.6) is 0 Å². The Morgan fingerprint density at radius 2 is 1.83 bits per heavy atom. The molecule has 0 aliphatic carbocycles. The van der Waals surface area contributed by atoms with Crippen molar-refractivity contribution in [3.05, 3.63) is 41.6 Å². The molecule has 8 nitrogen and oxygen atoms in total. The topological polar surface area (TPSA) is 87.5 Å². The molecule has 2 heterocycles. The lowest BCUT2D eigenvalue weighted by Crippen LogP contribution is -2.39. The van der Waals surface area contributed by atoms with Crippen LogP contribution in [-0.4, -0.2) is 55.6 Å². The molecule has 0 bridgehead atoms. The number of rotatable bonds is 6. The molecule has 1 saturated heterocycles. The smallest absolute Gasteiger partial charge is 0.263 e. The van der Waals surface area contributed by atoms with Crippen LogP contribution in [-0.2, 0) is 23.6 Å². The second kappa shape index (κ2) is 8.54. The van der Waals surface area contributed by atoms with Crippen LogP contribution < -0.4 is 10.2 Å². The number of carbonyl (C=O) groups is 1. The zero-order chi connectivity index (χ0) is 21.2. The Balaban J connectivity index is 1.74. The highest BCUT2D eigenvalue weighted by atomic mass is 32.2. The molecule has 158 valence electrons. The molecule has 9 heteroatoms. The molecule has 2 aromatic rings. The number of sulfonamides is 1. The highest BCUT2D eigenvalue weighted by molar-refractivity contribution is 7.89. The van der Waals surface area contributed by atoms with Crippen LogP contribution >= 0.6 is 0 Å². The summed E-state index contributed by atoms with van der Waals surface area (Å²) in [5, 5.41) is 6.74. The first-order chi connectivity index (χ1) is 13.7. The number of hydrogen-bond acceptors (Lipinski definition) is 5. The summed E-state index contributed by atoms with van der Waals surface area (Å²) in [4.78, 5) is 14.7. The van der Waals surface area contributed by atoms with Gasteiger partial charge in [-0.3, -0.25) is 9.48 Å². The quantitative estimate of drug-likeness (QED) is 0.772. The Bertz CT molecular complexity index is 959. The van der Waals surface area contributed by atoms with Gasteiger partial charge in [0.05, 0.1) is 5.56 Å². The van der Waals surface area contributed by atoms with Crippen molar-refractivity contribution in [2.24, 2.45) is 13.0 Å². The van der Waals surface area contributed by atoms with E-state index in [9.17, 15) is 13.2 Å². The highest BCUT2D eigenvalue weighted by Crippen LogP contribution is 2.24. The van der Waals surface area contributed by atoms with Crippen molar-refractivity contribution in [3.63, 3.8) is 0 Å². The summed E-state index contributed by atoms with van der Waals surface area (Å²) in [5.74, 6) is 0.0607. The minimum Gasteiger partial charge on any atom is -0.378 e. The molecule has 1 fully saturated rings. The van der Waals surface area contributed by atoms with Crippen LogP contribution in [0.15, 0.2) is 35.5 Å². The van der Waals surface area contributed by atoms with Gasteiger partial charge in [-0.25, -0.2) is 8.42 Å². The third-order valence-electron chi connectivity index (χ3n) is 5.27. The van der Waals surface area contributed by atoms with E-state index in [4.69, 9.17) is 0 Å². The van der Waals surface area contributed by atoms with E-state index in [1.54, 1.807) is 7.05 Å². The molecule has 0 radical (unpaired) electrons. The maximum absolute atomic E-state index is 13.1. The van der Waals surface area contributed by atoms with E-state index >= 15 is 0 Å². The molecular formula is C20H29N5O3S. The number of anilines is 1. The van der Waals surface area contributed by atoms with E-state index in [1.165, 1.54) is 15.2 Å². The first-order valence-corrected chi connectivity index (χ1v) is 11.2. The molecule has 0 spiro atoms. The van der Waals surface area contributed by atoms with Gasteiger partial charge in [-0.05, 0) is 36.5 Å². The minimum absolute atomic E-state index is 0.0797. The fraction of sp³-hybridized carbons (Fsp3) is 0.500. The van der Waals surface area contributed by atoms with Gasteiger partial charge in [-0.15, -0.1) is 0 Å². The summed E-state index contributed by atoms with van der Waals surface area (Å²) in [5.41, 5.74) is 2.08. The second-order valence-corrected chi connectivity index (χ2v) is 9.70. The number of amides is 1. The lowest BCUT2D eigenvalue weighted by Gasteiger charge is -2.28. The first kappa shape index (κ1) is 21.3. The van der Waals surface area contributed by atoms with Gasteiger partial charge < -0.3 is 10.2 Å². The molecule has 3 rings (SSSR count). The molecule has 0 saturated carbocycles.